The molecule has 0 bridgehead atoms. The quantitative estimate of drug-likeness (QED) is 0.740. The van der Waals surface area contributed by atoms with Gasteiger partial charge in [-0.05, 0) is 45.0 Å². The molecule has 0 aliphatic carbocycles. The lowest BCUT2D eigenvalue weighted by Gasteiger charge is -2.41. The van der Waals surface area contributed by atoms with Gasteiger partial charge in [-0.2, -0.15) is 0 Å². The van der Waals surface area contributed by atoms with Crippen molar-refractivity contribution >= 4 is 38.3 Å². The Morgan fingerprint density at radius 2 is 1.96 bits per heavy atom. The number of anilines is 2. The third-order valence-corrected chi connectivity index (χ3v) is 6.23. The van der Waals surface area contributed by atoms with Gasteiger partial charge in [-0.15, -0.1) is 11.3 Å². The van der Waals surface area contributed by atoms with Crippen LogP contribution in [0.2, 0.25) is 0 Å². The Labute approximate surface area is 169 Å². The molecular weight excluding hydrogens is 400 g/mol. The minimum atomic E-state index is -3.64. The number of carbonyl (C=O) groups excluding carboxylic acids is 1. The Hall–Kier alpha value is -2.33. The average Bonchev–Trinajstić information content (AvgIpc) is 3.04. The number of ether oxygens (including phenoxy) is 1. The molecule has 3 rings (SSSR count). The Kier molecular flexibility index (Phi) is 5.80. The van der Waals surface area contributed by atoms with Crippen molar-refractivity contribution in [2.24, 2.45) is 5.92 Å². The van der Waals surface area contributed by atoms with Crippen molar-refractivity contribution in [2.45, 2.75) is 31.3 Å². The van der Waals surface area contributed by atoms with Gasteiger partial charge in [0, 0.05) is 42.8 Å². The van der Waals surface area contributed by atoms with Crippen molar-refractivity contribution < 1.29 is 17.9 Å². The fourth-order valence-electron chi connectivity index (χ4n) is 2.74. The molecule has 2 N–H and O–H groups in total. The van der Waals surface area contributed by atoms with Gasteiger partial charge in [0.25, 0.3) is 10.0 Å². The number of hydrogen-bond donors (Lipinski definition) is 2. The summed E-state index contributed by atoms with van der Waals surface area (Å²) in [6.07, 6.45) is 1.14. The molecule has 0 radical (unpaired) electrons. The highest BCUT2D eigenvalue weighted by Gasteiger charge is 2.28. The number of aromatic nitrogens is 1. The molecule has 1 aromatic heterocycles. The lowest BCUT2D eigenvalue weighted by atomic mass is 9.99. The second kappa shape index (κ2) is 7.96. The van der Waals surface area contributed by atoms with Crippen LogP contribution in [0.4, 0.5) is 15.6 Å². The van der Waals surface area contributed by atoms with Gasteiger partial charge >= 0.3 is 6.09 Å². The molecule has 1 aromatic carbocycles. The summed E-state index contributed by atoms with van der Waals surface area (Å²) in [5.74, 6) is 0.336. The first kappa shape index (κ1) is 20.4. The van der Waals surface area contributed by atoms with Gasteiger partial charge in [-0.25, -0.2) is 18.2 Å². The molecule has 0 spiro atoms. The summed E-state index contributed by atoms with van der Waals surface area (Å²) in [7, 11) is -3.64. The van der Waals surface area contributed by atoms with Crippen molar-refractivity contribution in [3.05, 3.63) is 35.8 Å². The third-order valence-electron chi connectivity index (χ3n) is 4.06. The summed E-state index contributed by atoms with van der Waals surface area (Å²) >= 11 is 1.23. The summed E-state index contributed by atoms with van der Waals surface area (Å²) in [5, 5.41) is 4.83. The number of alkyl carbamates (subject to hydrolysis) is 1. The molecule has 0 atom stereocenters. The van der Waals surface area contributed by atoms with Crippen LogP contribution in [0.5, 0.6) is 0 Å². The number of amides is 1. The number of thiazole rings is 1. The van der Waals surface area contributed by atoms with E-state index in [9.17, 15) is 13.2 Å². The first-order chi connectivity index (χ1) is 13.1. The summed E-state index contributed by atoms with van der Waals surface area (Å²) < 4.78 is 32.4. The van der Waals surface area contributed by atoms with Crippen LogP contribution < -0.4 is 14.9 Å². The van der Waals surface area contributed by atoms with Crippen LogP contribution >= 0.6 is 11.3 Å². The minimum absolute atomic E-state index is 0.190. The number of nitrogens with one attached hydrogen (secondary N) is 2. The van der Waals surface area contributed by atoms with E-state index in [1.54, 1.807) is 35.8 Å². The molecular formula is C18H24N4O4S2. The SMILES string of the molecule is CC(C)(C)OC(=O)NCC1CN(c2ccc(S(=O)(=O)Nc3nccs3)cc2)C1. The smallest absolute Gasteiger partial charge is 0.407 e. The second-order valence-corrected chi connectivity index (χ2v) is 10.2. The molecule has 1 aliphatic rings. The van der Waals surface area contributed by atoms with Crippen LogP contribution in [-0.2, 0) is 14.8 Å². The second-order valence-electron chi connectivity index (χ2n) is 7.59. The summed E-state index contributed by atoms with van der Waals surface area (Å²) in [6, 6.07) is 6.73. The van der Waals surface area contributed by atoms with E-state index in [1.807, 2.05) is 20.8 Å². The number of rotatable bonds is 6. The largest absolute Gasteiger partial charge is 0.444 e. The predicted molar refractivity (Wildman–Crippen MR) is 109 cm³/mol. The number of hydrogen-bond acceptors (Lipinski definition) is 7. The number of benzene rings is 1. The molecule has 2 aromatic rings. The zero-order valence-corrected chi connectivity index (χ0v) is 17.6. The minimum Gasteiger partial charge on any atom is -0.444 e. The summed E-state index contributed by atoms with van der Waals surface area (Å²) in [5.41, 5.74) is 0.438. The van der Waals surface area contributed by atoms with Gasteiger partial charge in [0.05, 0.1) is 4.90 Å². The van der Waals surface area contributed by atoms with Gasteiger partial charge in [-0.1, -0.05) is 0 Å². The molecule has 0 saturated carbocycles. The highest BCUT2D eigenvalue weighted by molar-refractivity contribution is 7.93. The van der Waals surface area contributed by atoms with E-state index in [0.717, 1.165) is 18.8 Å². The summed E-state index contributed by atoms with van der Waals surface area (Å²) in [6.45, 7) is 7.62. The van der Waals surface area contributed by atoms with E-state index in [-0.39, 0.29) is 4.90 Å². The van der Waals surface area contributed by atoms with Crippen LogP contribution in [0.3, 0.4) is 0 Å². The van der Waals surface area contributed by atoms with Crippen LogP contribution in [0.15, 0.2) is 40.7 Å². The maximum absolute atomic E-state index is 12.4. The van der Waals surface area contributed by atoms with Gasteiger partial charge in [-0.3, -0.25) is 4.72 Å². The molecule has 2 heterocycles. The average molecular weight is 425 g/mol. The van der Waals surface area contributed by atoms with E-state index in [1.165, 1.54) is 11.3 Å². The van der Waals surface area contributed by atoms with Gasteiger partial charge < -0.3 is 15.0 Å². The lowest BCUT2D eigenvalue weighted by Crippen LogP contribution is -2.52. The lowest BCUT2D eigenvalue weighted by molar-refractivity contribution is 0.0516. The predicted octanol–water partition coefficient (Wildman–Crippen LogP) is 2.90. The van der Waals surface area contributed by atoms with E-state index < -0.39 is 21.7 Å². The highest BCUT2D eigenvalue weighted by Crippen LogP contribution is 2.26. The standard InChI is InChI=1S/C18H24N4O4S2/c1-18(2,3)26-17(23)20-10-13-11-22(12-13)14-4-6-15(7-5-14)28(24,25)21-16-19-8-9-27-16/h4-9,13H,10-12H2,1-3H3,(H,19,21)(H,20,23). The molecule has 1 fully saturated rings. The van der Waals surface area contributed by atoms with Crippen LogP contribution in [-0.4, -0.2) is 44.7 Å². The van der Waals surface area contributed by atoms with Crippen molar-refractivity contribution in [1.29, 1.82) is 0 Å². The van der Waals surface area contributed by atoms with Gasteiger partial charge in [0.2, 0.25) is 0 Å². The van der Waals surface area contributed by atoms with E-state index >= 15 is 0 Å². The van der Waals surface area contributed by atoms with E-state index in [2.05, 4.69) is 19.9 Å². The number of nitrogens with zero attached hydrogens (tertiary/aromatic N) is 2. The Morgan fingerprint density at radius 1 is 1.29 bits per heavy atom. The molecule has 152 valence electrons. The Bertz CT molecular complexity index is 900. The van der Waals surface area contributed by atoms with E-state index in [4.69, 9.17) is 4.74 Å². The first-order valence-electron chi connectivity index (χ1n) is 8.86. The van der Waals surface area contributed by atoms with Crippen LogP contribution in [0, 0.1) is 5.92 Å². The van der Waals surface area contributed by atoms with E-state index in [0.29, 0.717) is 17.6 Å². The van der Waals surface area contributed by atoms with Crippen LogP contribution in [0.1, 0.15) is 20.8 Å². The normalized spacial score (nSPS) is 15.0. The molecule has 10 heteroatoms. The highest BCUT2D eigenvalue weighted by atomic mass is 32.2. The zero-order chi connectivity index (χ0) is 20.4. The van der Waals surface area contributed by atoms with Crippen molar-refractivity contribution in [3.63, 3.8) is 0 Å². The fraction of sp³-hybridized carbons (Fsp3) is 0.444. The molecule has 1 aliphatic heterocycles. The monoisotopic (exact) mass is 424 g/mol. The van der Waals surface area contributed by atoms with Crippen LogP contribution in [0.25, 0.3) is 0 Å². The molecule has 0 unspecified atom stereocenters. The van der Waals surface area contributed by atoms with Crippen molar-refractivity contribution in [3.8, 4) is 0 Å². The van der Waals surface area contributed by atoms with Gasteiger partial charge in [0.15, 0.2) is 5.13 Å². The third kappa shape index (κ3) is 5.35. The maximum Gasteiger partial charge on any atom is 0.407 e. The summed E-state index contributed by atoms with van der Waals surface area (Å²) in [4.78, 5) is 17.9. The van der Waals surface area contributed by atoms with Crippen molar-refractivity contribution in [1.82, 2.24) is 10.3 Å². The molecule has 28 heavy (non-hydrogen) atoms. The first-order valence-corrected chi connectivity index (χ1v) is 11.2. The van der Waals surface area contributed by atoms with Crippen molar-refractivity contribution in [2.75, 3.05) is 29.3 Å². The number of sulfonamides is 1. The molecule has 8 nitrogen and oxygen atoms in total. The molecule has 1 amide bonds. The molecule has 1 saturated heterocycles. The number of carbonyl (C=O) groups is 1. The Balaban J connectivity index is 1.48. The fourth-order valence-corrected chi connectivity index (χ4v) is 4.52. The Morgan fingerprint density at radius 3 is 2.54 bits per heavy atom. The van der Waals surface area contributed by atoms with Gasteiger partial charge in [0.1, 0.15) is 5.60 Å². The zero-order valence-electron chi connectivity index (χ0n) is 16.0. The topological polar surface area (TPSA) is 101 Å². The maximum atomic E-state index is 12.4.